The van der Waals surface area contributed by atoms with Gasteiger partial charge >= 0.3 is 6.03 Å². The molecule has 1 aliphatic heterocycles. The molecular formula is C22H24N4O2S2. The maximum absolute atomic E-state index is 12.7. The molecule has 0 radical (unpaired) electrons. The van der Waals surface area contributed by atoms with Crippen LogP contribution in [0.25, 0.3) is 0 Å². The Morgan fingerprint density at radius 3 is 2.50 bits per heavy atom. The van der Waals surface area contributed by atoms with E-state index in [0.717, 1.165) is 45.1 Å². The Hall–Kier alpha value is -2.71. The summed E-state index contributed by atoms with van der Waals surface area (Å²) in [7, 11) is 1.68. The van der Waals surface area contributed by atoms with Gasteiger partial charge in [0.2, 0.25) is 0 Å². The van der Waals surface area contributed by atoms with E-state index in [0.29, 0.717) is 13.1 Å². The summed E-state index contributed by atoms with van der Waals surface area (Å²) in [5, 5.41) is 5.05. The van der Waals surface area contributed by atoms with Crippen LogP contribution < -0.4 is 15.0 Å². The molecule has 0 atom stereocenters. The molecule has 0 aliphatic carbocycles. The molecule has 1 saturated heterocycles. The fourth-order valence-electron chi connectivity index (χ4n) is 3.33. The summed E-state index contributed by atoms with van der Waals surface area (Å²) in [4.78, 5) is 22.4. The summed E-state index contributed by atoms with van der Waals surface area (Å²) in [5.41, 5.74) is 2.91. The molecule has 30 heavy (non-hydrogen) atoms. The zero-order valence-corrected chi connectivity index (χ0v) is 18.6. The predicted molar refractivity (Wildman–Crippen MR) is 123 cm³/mol. The zero-order chi connectivity index (χ0) is 20.9. The van der Waals surface area contributed by atoms with E-state index in [1.165, 1.54) is 0 Å². The Kier molecular flexibility index (Phi) is 6.44. The van der Waals surface area contributed by atoms with Crippen LogP contribution in [0.5, 0.6) is 5.75 Å². The normalized spacial score (nSPS) is 13.9. The Morgan fingerprint density at radius 1 is 1.10 bits per heavy atom. The smallest absolute Gasteiger partial charge is 0.321 e. The maximum Gasteiger partial charge on any atom is 0.321 e. The molecular weight excluding hydrogens is 416 g/mol. The number of benzene rings is 2. The highest BCUT2D eigenvalue weighted by Crippen LogP contribution is 2.31. The quantitative estimate of drug-likeness (QED) is 0.607. The first-order valence-corrected chi connectivity index (χ1v) is 11.5. The van der Waals surface area contributed by atoms with Crippen LogP contribution in [0.1, 0.15) is 5.69 Å². The van der Waals surface area contributed by atoms with Gasteiger partial charge in [0.25, 0.3) is 0 Å². The molecule has 8 heteroatoms. The number of nitrogens with one attached hydrogen (secondary N) is 1. The van der Waals surface area contributed by atoms with E-state index in [1.807, 2.05) is 59.7 Å². The lowest BCUT2D eigenvalue weighted by molar-refractivity contribution is 0.208. The van der Waals surface area contributed by atoms with Crippen molar-refractivity contribution in [1.29, 1.82) is 0 Å². The average molecular weight is 441 g/mol. The van der Waals surface area contributed by atoms with Gasteiger partial charge in [-0.05, 0) is 43.3 Å². The first-order valence-electron chi connectivity index (χ1n) is 9.76. The van der Waals surface area contributed by atoms with E-state index in [9.17, 15) is 4.79 Å². The van der Waals surface area contributed by atoms with Gasteiger partial charge in [-0.1, -0.05) is 23.9 Å². The number of nitrogens with zero attached hydrogens (tertiary/aromatic N) is 3. The van der Waals surface area contributed by atoms with Gasteiger partial charge in [-0.2, -0.15) is 0 Å². The molecule has 156 valence electrons. The molecule has 0 bridgehead atoms. The molecule has 0 saturated carbocycles. The molecule has 6 nitrogen and oxygen atoms in total. The van der Waals surface area contributed by atoms with E-state index in [2.05, 4.69) is 21.3 Å². The monoisotopic (exact) mass is 440 g/mol. The van der Waals surface area contributed by atoms with E-state index in [4.69, 9.17) is 4.74 Å². The minimum atomic E-state index is -0.0642. The van der Waals surface area contributed by atoms with Gasteiger partial charge in [0.15, 0.2) is 4.34 Å². The Balaban J connectivity index is 1.30. The number of aryl methyl sites for hydroxylation is 1. The van der Waals surface area contributed by atoms with Crippen molar-refractivity contribution in [2.24, 2.45) is 0 Å². The largest absolute Gasteiger partial charge is 0.495 e. The number of methoxy groups -OCH3 is 1. The standard InChI is InChI=1S/C22H24N4O2S2/c1-16-15-29-22(23-16)30-18-9-7-17(8-10-18)24-21(27)26-13-11-25(12-14-26)19-5-3-4-6-20(19)28-2/h3-10,15H,11-14H2,1-2H3,(H,24,27). The van der Waals surface area contributed by atoms with E-state index in [-0.39, 0.29) is 6.03 Å². The number of piperazine rings is 1. The lowest BCUT2D eigenvalue weighted by atomic mass is 10.2. The van der Waals surface area contributed by atoms with Crippen molar-refractivity contribution in [3.8, 4) is 5.75 Å². The second-order valence-electron chi connectivity index (χ2n) is 6.96. The molecule has 0 unspecified atom stereocenters. The van der Waals surface area contributed by atoms with Gasteiger partial charge < -0.3 is 19.9 Å². The van der Waals surface area contributed by atoms with E-state index in [1.54, 1.807) is 30.2 Å². The minimum Gasteiger partial charge on any atom is -0.495 e. The van der Waals surface area contributed by atoms with Crippen molar-refractivity contribution in [2.45, 2.75) is 16.2 Å². The van der Waals surface area contributed by atoms with Crippen LogP contribution in [0.4, 0.5) is 16.2 Å². The van der Waals surface area contributed by atoms with Crippen LogP contribution in [-0.2, 0) is 0 Å². The van der Waals surface area contributed by atoms with Crippen molar-refractivity contribution in [1.82, 2.24) is 9.88 Å². The fourth-order valence-corrected chi connectivity index (χ4v) is 5.14. The van der Waals surface area contributed by atoms with Crippen LogP contribution in [-0.4, -0.2) is 49.2 Å². The van der Waals surface area contributed by atoms with Gasteiger partial charge in [-0.3, -0.25) is 0 Å². The number of ether oxygens (including phenoxy) is 1. The van der Waals surface area contributed by atoms with Gasteiger partial charge in [0, 0.05) is 47.8 Å². The number of hydrogen-bond donors (Lipinski definition) is 1. The number of hydrogen-bond acceptors (Lipinski definition) is 6. The van der Waals surface area contributed by atoms with Gasteiger partial charge in [-0.15, -0.1) is 11.3 Å². The molecule has 1 fully saturated rings. The number of amides is 2. The van der Waals surface area contributed by atoms with Crippen molar-refractivity contribution in [3.63, 3.8) is 0 Å². The Morgan fingerprint density at radius 2 is 1.83 bits per heavy atom. The lowest BCUT2D eigenvalue weighted by Gasteiger charge is -2.36. The fraction of sp³-hybridized carbons (Fsp3) is 0.273. The first kappa shape index (κ1) is 20.6. The van der Waals surface area contributed by atoms with Gasteiger partial charge in [-0.25, -0.2) is 9.78 Å². The Bertz CT molecular complexity index is 998. The number of thiazole rings is 1. The molecule has 1 aliphatic rings. The maximum atomic E-state index is 12.7. The first-order chi connectivity index (χ1) is 14.6. The Labute approximate surface area is 184 Å². The highest BCUT2D eigenvalue weighted by atomic mass is 32.2. The number of carbonyl (C=O) groups is 1. The number of para-hydroxylation sites is 2. The second kappa shape index (κ2) is 9.40. The number of rotatable bonds is 5. The summed E-state index contributed by atoms with van der Waals surface area (Å²) >= 11 is 3.28. The molecule has 2 aromatic carbocycles. The van der Waals surface area contributed by atoms with Crippen molar-refractivity contribution < 1.29 is 9.53 Å². The topological polar surface area (TPSA) is 57.7 Å². The van der Waals surface area contributed by atoms with E-state index >= 15 is 0 Å². The van der Waals surface area contributed by atoms with E-state index < -0.39 is 0 Å². The van der Waals surface area contributed by atoms with Crippen LogP contribution >= 0.6 is 23.1 Å². The molecule has 4 rings (SSSR count). The SMILES string of the molecule is COc1ccccc1N1CCN(C(=O)Nc2ccc(Sc3nc(C)cs3)cc2)CC1. The molecule has 1 aromatic heterocycles. The van der Waals surface area contributed by atoms with Crippen molar-refractivity contribution >= 4 is 40.5 Å². The van der Waals surface area contributed by atoms with Gasteiger partial charge in [0.05, 0.1) is 12.8 Å². The highest BCUT2D eigenvalue weighted by Gasteiger charge is 2.22. The van der Waals surface area contributed by atoms with Crippen LogP contribution in [0.3, 0.4) is 0 Å². The molecule has 2 amide bonds. The van der Waals surface area contributed by atoms with Crippen molar-refractivity contribution in [3.05, 3.63) is 59.6 Å². The molecule has 3 aromatic rings. The zero-order valence-electron chi connectivity index (χ0n) is 17.0. The number of aromatic nitrogens is 1. The third-order valence-corrected chi connectivity index (χ3v) is 6.97. The summed E-state index contributed by atoms with van der Waals surface area (Å²) in [6.07, 6.45) is 0. The third kappa shape index (κ3) is 4.88. The average Bonchev–Trinajstić information content (AvgIpc) is 3.19. The lowest BCUT2D eigenvalue weighted by Crippen LogP contribution is -2.50. The predicted octanol–water partition coefficient (Wildman–Crippen LogP) is 4.97. The summed E-state index contributed by atoms with van der Waals surface area (Å²) in [5.74, 6) is 0.862. The summed E-state index contributed by atoms with van der Waals surface area (Å²) in [6, 6.07) is 15.8. The van der Waals surface area contributed by atoms with Crippen LogP contribution in [0, 0.1) is 6.92 Å². The second-order valence-corrected chi connectivity index (χ2v) is 9.14. The molecule has 2 heterocycles. The number of anilines is 2. The number of urea groups is 1. The number of carbonyl (C=O) groups excluding carboxylic acids is 1. The van der Waals surface area contributed by atoms with Crippen LogP contribution in [0.15, 0.2) is 63.1 Å². The van der Waals surface area contributed by atoms with Crippen LogP contribution in [0.2, 0.25) is 0 Å². The molecule has 0 spiro atoms. The highest BCUT2D eigenvalue weighted by molar-refractivity contribution is 8.01. The summed E-state index contributed by atoms with van der Waals surface area (Å²) in [6.45, 7) is 4.88. The summed E-state index contributed by atoms with van der Waals surface area (Å²) < 4.78 is 6.49. The minimum absolute atomic E-state index is 0.0642. The third-order valence-electron chi connectivity index (χ3n) is 4.90. The molecule has 1 N–H and O–H groups in total. The van der Waals surface area contributed by atoms with Gasteiger partial charge in [0.1, 0.15) is 5.75 Å². The van der Waals surface area contributed by atoms with Crippen molar-refractivity contribution in [2.75, 3.05) is 43.5 Å².